The molecule has 3 rings (SSSR count). The summed E-state index contributed by atoms with van der Waals surface area (Å²) in [5.74, 6) is 0.0195. The third-order valence-electron chi connectivity index (χ3n) is 2.58. The molecule has 0 bridgehead atoms. The molecule has 0 fully saturated rings. The second kappa shape index (κ2) is 4.33. The molecule has 94 valence electrons. The van der Waals surface area contributed by atoms with Crippen LogP contribution in [0.4, 0.5) is 5.95 Å². The maximum absolute atomic E-state index is 11.7. The fourth-order valence-corrected chi connectivity index (χ4v) is 1.82. The van der Waals surface area contributed by atoms with Crippen LogP contribution >= 0.6 is 11.6 Å². The highest BCUT2D eigenvalue weighted by Gasteiger charge is 2.07. The molecule has 0 saturated carbocycles. The number of nitrogen functional groups attached to an aromatic ring is 1. The van der Waals surface area contributed by atoms with Gasteiger partial charge in [0.1, 0.15) is 0 Å². The summed E-state index contributed by atoms with van der Waals surface area (Å²) >= 11 is 5.82. The van der Waals surface area contributed by atoms with E-state index in [0.29, 0.717) is 10.7 Å². The number of H-pyrrole nitrogens is 1. The lowest BCUT2D eigenvalue weighted by molar-refractivity contribution is 1.13. The zero-order valence-corrected chi connectivity index (χ0v) is 10.3. The number of aromatic amines is 1. The summed E-state index contributed by atoms with van der Waals surface area (Å²) in [5.41, 5.74) is 6.79. The van der Waals surface area contributed by atoms with E-state index in [1.165, 1.54) is 6.20 Å². The minimum Gasteiger partial charge on any atom is -0.369 e. The molecule has 7 heteroatoms. The predicted octanol–water partition coefficient (Wildman–Crippen LogP) is 1.62. The van der Waals surface area contributed by atoms with Gasteiger partial charge in [-0.3, -0.25) is 9.78 Å². The van der Waals surface area contributed by atoms with E-state index >= 15 is 0 Å². The molecule has 19 heavy (non-hydrogen) atoms. The van der Waals surface area contributed by atoms with Crippen molar-refractivity contribution in [1.29, 1.82) is 0 Å². The first kappa shape index (κ1) is 11.6. The molecule has 6 nitrogen and oxygen atoms in total. The van der Waals surface area contributed by atoms with Gasteiger partial charge in [-0.25, -0.2) is 9.97 Å². The minimum atomic E-state index is -0.411. The Morgan fingerprint density at radius 1 is 1.16 bits per heavy atom. The second-order valence-corrected chi connectivity index (χ2v) is 4.32. The Hall–Kier alpha value is -2.47. The quantitative estimate of drug-likeness (QED) is 0.702. The standard InChI is InChI=1S/C12H8ClN5O/c13-7-3-1-6(2-4-7)8-5-15-10-9(16-8)11(19)18-12(14)17-10/h1-5H,(H3,14,15,17,18,19). The SMILES string of the molecule is Nc1nc2ncc(-c3ccc(Cl)cc3)nc2c(=O)[nH]1. The summed E-state index contributed by atoms with van der Waals surface area (Å²) in [4.78, 5) is 26.4. The fraction of sp³-hybridized carbons (Fsp3) is 0. The molecule has 0 aliphatic rings. The van der Waals surface area contributed by atoms with Gasteiger partial charge in [0.25, 0.3) is 5.56 Å². The lowest BCUT2D eigenvalue weighted by atomic mass is 10.2. The van der Waals surface area contributed by atoms with Crippen LogP contribution in [-0.2, 0) is 0 Å². The summed E-state index contributed by atoms with van der Waals surface area (Å²) in [6.45, 7) is 0. The van der Waals surface area contributed by atoms with Gasteiger partial charge < -0.3 is 5.73 Å². The van der Waals surface area contributed by atoms with Gasteiger partial charge in [-0.15, -0.1) is 0 Å². The van der Waals surface area contributed by atoms with Crippen LogP contribution in [0, 0.1) is 0 Å². The van der Waals surface area contributed by atoms with Crippen LogP contribution in [0.5, 0.6) is 0 Å². The van der Waals surface area contributed by atoms with Crippen molar-refractivity contribution in [2.24, 2.45) is 0 Å². The number of hydrogen-bond acceptors (Lipinski definition) is 5. The van der Waals surface area contributed by atoms with Crippen molar-refractivity contribution in [3.8, 4) is 11.3 Å². The number of fused-ring (bicyclic) bond motifs is 1. The van der Waals surface area contributed by atoms with Gasteiger partial charge in [0.05, 0.1) is 11.9 Å². The molecule has 2 heterocycles. The zero-order chi connectivity index (χ0) is 13.4. The number of halogens is 1. The van der Waals surface area contributed by atoms with Gasteiger partial charge in [0, 0.05) is 10.6 Å². The second-order valence-electron chi connectivity index (χ2n) is 3.89. The minimum absolute atomic E-state index is 0.0195. The van der Waals surface area contributed by atoms with E-state index in [4.69, 9.17) is 17.3 Å². The van der Waals surface area contributed by atoms with Crippen molar-refractivity contribution < 1.29 is 0 Å². The average Bonchev–Trinajstić information content (AvgIpc) is 2.39. The van der Waals surface area contributed by atoms with Gasteiger partial charge in [-0.1, -0.05) is 23.7 Å². The highest BCUT2D eigenvalue weighted by molar-refractivity contribution is 6.30. The first-order chi connectivity index (χ1) is 9.13. The molecule has 3 aromatic rings. The summed E-state index contributed by atoms with van der Waals surface area (Å²) in [5, 5.41) is 0.629. The zero-order valence-electron chi connectivity index (χ0n) is 9.59. The predicted molar refractivity (Wildman–Crippen MR) is 72.8 cm³/mol. The van der Waals surface area contributed by atoms with E-state index in [0.717, 1.165) is 5.56 Å². The van der Waals surface area contributed by atoms with Gasteiger partial charge in [-0.05, 0) is 12.1 Å². The molecular formula is C12H8ClN5O. The van der Waals surface area contributed by atoms with Crippen LogP contribution in [0.1, 0.15) is 0 Å². The van der Waals surface area contributed by atoms with Crippen LogP contribution in [0.3, 0.4) is 0 Å². The van der Waals surface area contributed by atoms with Gasteiger partial charge in [0.15, 0.2) is 11.2 Å². The smallest absolute Gasteiger partial charge is 0.280 e. The Balaban J connectivity index is 2.21. The topological polar surface area (TPSA) is 97.5 Å². The van der Waals surface area contributed by atoms with E-state index in [1.54, 1.807) is 24.3 Å². The van der Waals surface area contributed by atoms with E-state index in [1.807, 2.05) is 0 Å². The Morgan fingerprint density at radius 3 is 2.63 bits per heavy atom. The molecule has 0 aliphatic heterocycles. The lowest BCUT2D eigenvalue weighted by Gasteiger charge is -2.02. The molecule has 0 radical (unpaired) electrons. The number of benzene rings is 1. The van der Waals surface area contributed by atoms with Crippen LogP contribution in [0.25, 0.3) is 22.4 Å². The van der Waals surface area contributed by atoms with E-state index < -0.39 is 5.56 Å². The number of nitrogens with two attached hydrogens (primary N) is 1. The van der Waals surface area contributed by atoms with Crippen molar-refractivity contribution in [2.75, 3.05) is 5.73 Å². The molecule has 0 saturated heterocycles. The van der Waals surface area contributed by atoms with E-state index in [9.17, 15) is 4.79 Å². The van der Waals surface area contributed by atoms with Gasteiger partial charge in [-0.2, -0.15) is 4.98 Å². The molecule has 3 N–H and O–H groups in total. The largest absolute Gasteiger partial charge is 0.369 e. The molecule has 2 aromatic heterocycles. The Morgan fingerprint density at radius 2 is 1.89 bits per heavy atom. The van der Waals surface area contributed by atoms with Gasteiger partial charge in [0.2, 0.25) is 5.95 Å². The van der Waals surface area contributed by atoms with Gasteiger partial charge >= 0.3 is 0 Å². The average molecular weight is 274 g/mol. The highest BCUT2D eigenvalue weighted by Crippen LogP contribution is 2.19. The number of nitrogens with zero attached hydrogens (tertiary/aromatic N) is 3. The Bertz CT molecular complexity index is 812. The Kier molecular flexibility index (Phi) is 2.64. The number of aromatic nitrogens is 4. The number of nitrogens with one attached hydrogen (secondary N) is 1. The third kappa shape index (κ3) is 2.13. The third-order valence-corrected chi connectivity index (χ3v) is 2.83. The number of hydrogen-bond donors (Lipinski definition) is 2. The maximum atomic E-state index is 11.7. The molecule has 0 aliphatic carbocycles. The Labute approximate surface area is 112 Å². The summed E-state index contributed by atoms with van der Waals surface area (Å²) in [6.07, 6.45) is 1.54. The van der Waals surface area contributed by atoms with E-state index in [-0.39, 0.29) is 17.1 Å². The summed E-state index contributed by atoms with van der Waals surface area (Å²) < 4.78 is 0. The molecule has 0 amide bonds. The van der Waals surface area contributed by atoms with Crippen molar-refractivity contribution in [3.05, 3.63) is 45.8 Å². The van der Waals surface area contributed by atoms with Crippen LogP contribution in [-0.4, -0.2) is 19.9 Å². The van der Waals surface area contributed by atoms with Crippen LogP contribution in [0.2, 0.25) is 5.02 Å². The van der Waals surface area contributed by atoms with Crippen molar-refractivity contribution in [3.63, 3.8) is 0 Å². The van der Waals surface area contributed by atoms with Crippen molar-refractivity contribution in [1.82, 2.24) is 19.9 Å². The first-order valence-corrected chi connectivity index (χ1v) is 5.80. The monoisotopic (exact) mass is 273 g/mol. The van der Waals surface area contributed by atoms with E-state index in [2.05, 4.69) is 19.9 Å². The maximum Gasteiger partial charge on any atom is 0.280 e. The number of anilines is 1. The molecular weight excluding hydrogens is 266 g/mol. The fourth-order valence-electron chi connectivity index (χ4n) is 1.69. The molecule has 0 spiro atoms. The first-order valence-electron chi connectivity index (χ1n) is 5.42. The normalized spacial score (nSPS) is 10.8. The van der Waals surface area contributed by atoms with Crippen LogP contribution in [0.15, 0.2) is 35.3 Å². The lowest BCUT2D eigenvalue weighted by Crippen LogP contribution is -2.13. The highest BCUT2D eigenvalue weighted by atomic mass is 35.5. The van der Waals surface area contributed by atoms with Crippen molar-refractivity contribution in [2.45, 2.75) is 0 Å². The van der Waals surface area contributed by atoms with Crippen molar-refractivity contribution >= 4 is 28.7 Å². The summed E-state index contributed by atoms with van der Waals surface area (Å²) in [7, 11) is 0. The summed E-state index contributed by atoms with van der Waals surface area (Å²) in [6, 6.07) is 7.09. The molecule has 0 atom stereocenters. The molecule has 0 unspecified atom stereocenters. The number of rotatable bonds is 1. The van der Waals surface area contributed by atoms with Crippen LogP contribution < -0.4 is 11.3 Å². The molecule has 1 aromatic carbocycles.